The molecule has 0 N–H and O–H groups in total. The zero-order chi connectivity index (χ0) is 9.95. The Bertz CT molecular complexity index is 222. The van der Waals surface area contributed by atoms with Crippen molar-refractivity contribution < 1.29 is 69.1 Å². The third kappa shape index (κ3) is 4.64. The van der Waals surface area contributed by atoms with E-state index in [4.69, 9.17) is 10.00 Å². The van der Waals surface area contributed by atoms with Gasteiger partial charge in [0.1, 0.15) is 0 Å². The van der Waals surface area contributed by atoms with Crippen molar-refractivity contribution in [3.8, 4) is 6.07 Å². The summed E-state index contributed by atoms with van der Waals surface area (Å²) >= 11 is 0. The molecule has 2 nitrogen and oxygen atoms in total. The first kappa shape index (κ1) is 14.9. The van der Waals surface area contributed by atoms with Crippen LogP contribution in [0.4, 0.5) is 12.9 Å². The molecule has 74 valence electrons. The Labute approximate surface area is 124 Å². The molecule has 0 bridgehead atoms. The molecule has 1 rings (SSSR count). The normalized spacial score (nSPS) is 20.7. The molecular weight excluding hydrogens is 221 g/mol. The second-order valence-corrected chi connectivity index (χ2v) is 3.42. The molecule has 0 saturated carbocycles. The first-order valence-electron chi connectivity index (χ1n) is 4.17. The van der Waals surface area contributed by atoms with Gasteiger partial charge in [-0.15, -0.1) is 0 Å². The van der Waals surface area contributed by atoms with Gasteiger partial charge >= 0.3 is 58.4 Å². The summed E-state index contributed by atoms with van der Waals surface area (Å²) in [5.74, 6) is 0. The fourth-order valence-corrected chi connectivity index (χ4v) is 1.57. The first-order chi connectivity index (χ1) is 5.97. The zero-order valence-electron chi connectivity index (χ0n) is 8.10. The Morgan fingerprint density at radius 3 is 2.14 bits per heavy atom. The van der Waals surface area contributed by atoms with Crippen LogP contribution in [0.3, 0.4) is 0 Å². The molecule has 1 aliphatic heterocycles. The summed E-state index contributed by atoms with van der Waals surface area (Å²) < 4.78 is 41.4. The van der Waals surface area contributed by atoms with Gasteiger partial charge in [-0.2, -0.15) is 5.26 Å². The Hall–Kier alpha value is 0.941. The van der Waals surface area contributed by atoms with Gasteiger partial charge < -0.3 is 17.7 Å². The van der Waals surface area contributed by atoms with Crippen LogP contribution in [0.25, 0.3) is 0 Å². The van der Waals surface area contributed by atoms with Gasteiger partial charge in [0.15, 0.2) is 0 Å². The molecule has 0 unspecified atom stereocenters. The van der Waals surface area contributed by atoms with Crippen molar-refractivity contribution in [2.45, 2.75) is 19.2 Å². The SMILES string of the molecule is N#CC1(C[B-](F)(F)F)CCOCC1.[K+]. The van der Waals surface area contributed by atoms with Crippen molar-refractivity contribution in [1.82, 2.24) is 0 Å². The molecule has 0 aromatic carbocycles. The van der Waals surface area contributed by atoms with E-state index in [1.165, 1.54) is 0 Å². The van der Waals surface area contributed by atoms with Crippen molar-refractivity contribution >= 4 is 6.98 Å². The van der Waals surface area contributed by atoms with Crippen LogP contribution < -0.4 is 51.4 Å². The van der Waals surface area contributed by atoms with Gasteiger partial charge in [-0.25, -0.2) is 0 Å². The predicted molar refractivity (Wildman–Crippen MR) is 42.0 cm³/mol. The second-order valence-electron chi connectivity index (χ2n) is 3.42. The van der Waals surface area contributed by atoms with Gasteiger partial charge in [0.05, 0.1) is 6.07 Å². The molecule has 1 fully saturated rings. The maximum Gasteiger partial charge on any atom is 1.00 e. The summed E-state index contributed by atoms with van der Waals surface area (Å²) in [6.07, 6.45) is -0.553. The molecule has 1 aliphatic rings. The molecule has 0 aliphatic carbocycles. The van der Waals surface area contributed by atoms with Gasteiger partial charge in [0.2, 0.25) is 0 Å². The number of hydrogen-bond acceptors (Lipinski definition) is 2. The van der Waals surface area contributed by atoms with Crippen LogP contribution in [0.15, 0.2) is 0 Å². The maximum absolute atomic E-state index is 12.1. The van der Waals surface area contributed by atoms with Gasteiger partial charge in [0.25, 0.3) is 0 Å². The minimum atomic E-state index is -4.87. The van der Waals surface area contributed by atoms with E-state index < -0.39 is 18.7 Å². The van der Waals surface area contributed by atoms with Gasteiger partial charge in [-0.3, -0.25) is 0 Å². The van der Waals surface area contributed by atoms with Crippen LogP contribution in [0.2, 0.25) is 6.32 Å². The third-order valence-corrected chi connectivity index (χ3v) is 2.31. The van der Waals surface area contributed by atoms with Crippen molar-refractivity contribution in [3.63, 3.8) is 0 Å². The van der Waals surface area contributed by atoms with E-state index in [-0.39, 0.29) is 77.4 Å². The number of ether oxygens (including phenoxy) is 1. The van der Waals surface area contributed by atoms with Crippen LogP contribution >= 0.6 is 0 Å². The summed E-state index contributed by atoms with van der Waals surface area (Å²) in [6, 6.07) is 1.79. The van der Waals surface area contributed by atoms with Crippen molar-refractivity contribution in [1.29, 1.82) is 5.26 Å². The van der Waals surface area contributed by atoms with E-state index in [9.17, 15) is 12.9 Å². The first-order valence-corrected chi connectivity index (χ1v) is 4.17. The number of hydrogen-bond donors (Lipinski definition) is 0. The average molecular weight is 231 g/mol. The third-order valence-electron chi connectivity index (χ3n) is 2.31. The molecule has 1 saturated heterocycles. The summed E-state index contributed by atoms with van der Waals surface area (Å²) in [5, 5.41) is 8.71. The maximum atomic E-state index is 12.1. The van der Waals surface area contributed by atoms with E-state index >= 15 is 0 Å². The van der Waals surface area contributed by atoms with E-state index in [0.717, 1.165) is 0 Å². The molecule has 0 atom stereocenters. The van der Waals surface area contributed by atoms with Crippen LogP contribution in [0.5, 0.6) is 0 Å². The number of rotatable bonds is 2. The van der Waals surface area contributed by atoms with Crippen LogP contribution in [-0.4, -0.2) is 20.2 Å². The molecule has 0 amide bonds. The number of nitrogens with zero attached hydrogens (tertiary/aromatic N) is 1. The molecule has 7 heteroatoms. The molecule has 0 radical (unpaired) electrons. The standard InChI is InChI=1S/C7H10BF3NO.K/c9-8(10,11)5-7(6-12)1-3-13-4-2-7;/h1-5H2;/q-1;+1. The van der Waals surface area contributed by atoms with E-state index in [0.29, 0.717) is 0 Å². The largest absolute Gasteiger partial charge is 1.00 e. The smallest absolute Gasteiger partial charge is 0.449 e. The summed E-state index contributed by atoms with van der Waals surface area (Å²) in [6.45, 7) is -4.34. The average Bonchev–Trinajstić information content (AvgIpc) is 2.03. The number of halogens is 3. The molecule has 14 heavy (non-hydrogen) atoms. The van der Waals surface area contributed by atoms with Crippen molar-refractivity contribution in [2.24, 2.45) is 5.41 Å². The zero-order valence-corrected chi connectivity index (χ0v) is 11.2. The monoisotopic (exact) mass is 231 g/mol. The van der Waals surface area contributed by atoms with E-state index in [1.807, 2.05) is 0 Å². The van der Waals surface area contributed by atoms with Gasteiger partial charge in [-0.05, 0) is 12.8 Å². The molecule has 0 aromatic rings. The summed E-state index contributed by atoms with van der Waals surface area (Å²) in [5.41, 5.74) is -1.21. The molecule has 0 spiro atoms. The van der Waals surface area contributed by atoms with Gasteiger partial charge in [0, 0.05) is 18.6 Å². The van der Waals surface area contributed by atoms with Gasteiger partial charge in [-0.1, -0.05) is 6.32 Å². The Morgan fingerprint density at radius 2 is 1.79 bits per heavy atom. The fourth-order valence-electron chi connectivity index (χ4n) is 1.57. The fraction of sp³-hybridized carbons (Fsp3) is 0.857. The molecule has 0 aromatic heterocycles. The Morgan fingerprint density at radius 1 is 1.29 bits per heavy atom. The Balaban J connectivity index is 0.00000169. The summed E-state index contributed by atoms with van der Waals surface area (Å²) in [7, 11) is 0. The van der Waals surface area contributed by atoms with Crippen molar-refractivity contribution in [2.75, 3.05) is 13.2 Å². The summed E-state index contributed by atoms with van der Waals surface area (Å²) in [4.78, 5) is 0. The number of nitriles is 1. The minimum Gasteiger partial charge on any atom is -0.449 e. The minimum absolute atomic E-state index is 0. The van der Waals surface area contributed by atoms with Crippen molar-refractivity contribution in [3.05, 3.63) is 0 Å². The topological polar surface area (TPSA) is 33.0 Å². The van der Waals surface area contributed by atoms with Crippen LogP contribution in [0.1, 0.15) is 12.8 Å². The van der Waals surface area contributed by atoms with Crippen LogP contribution in [0, 0.1) is 16.7 Å². The molecular formula is C7H10BF3KNO. The van der Waals surface area contributed by atoms with E-state index in [1.54, 1.807) is 6.07 Å². The second kappa shape index (κ2) is 5.87. The van der Waals surface area contributed by atoms with Crippen LogP contribution in [-0.2, 0) is 4.74 Å². The Kier molecular flexibility index (Phi) is 6.27. The quantitative estimate of drug-likeness (QED) is 0.580. The predicted octanol–water partition coefficient (Wildman–Crippen LogP) is -0.842. The molecule has 1 heterocycles. The van der Waals surface area contributed by atoms with E-state index in [2.05, 4.69) is 0 Å².